The standard InChI is InChI=1S/C17H24N6O3/c1-4-23(21-11(2)24)17(25)14-9-18-16-13(10-19-20-16)15(14)22(3)12-5-7-26-8-6-12/h9-10,12H,4-8H2,1-3H3,(H,21,24)(H,18,19,20). The van der Waals surface area contributed by atoms with Crippen molar-refractivity contribution in [1.29, 1.82) is 0 Å². The van der Waals surface area contributed by atoms with Crippen LogP contribution in [0, 0.1) is 0 Å². The zero-order chi connectivity index (χ0) is 18.7. The third kappa shape index (κ3) is 3.48. The quantitative estimate of drug-likeness (QED) is 0.791. The van der Waals surface area contributed by atoms with Crippen molar-refractivity contribution in [2.24, 2.45) is 0 Å². The zero-order valence-electron chi connectivity index (χ0n) is 15.3. The number of hydrazine groups is 1. The Bertz CT molecular complexity index is 799. The van der Waals surface area contributed by atoms with E-state index in [-0.39, 0.29) is 17.9 Å². The van der Waals surface area contributed by atoms with Gasteiger partial charge in [-0.25, -0.2) is 4.98 Å². The van der Waals surface area contributed by atoms with Gasteiger partial charge in [-0.05, 0) is 19.8 Å². The summed E-state index contributed by atoms with van der Waals surface area (Å²) in [6.45, 7) is 4.93. The number of nitrogens with zero attached hydrogens (tertiary/aromatic N) is 4. The molecule has 0 aliphatic carbocycles. The van der Waals surface area contributed by atoms with Crippen molar-refractivity contribution >= 4 is 28.5 Å². The number of aromatic nitrogens is 3. The second-order valence-electron chi connectivity index (χ2n) is 6.32. The molecule has 1 aliphatic rings. The molecule has 0 spiro atoms. The highest BCUT2D eigenvalue weighted by molar-refractivity contribution is 6.07. The minimum atomic E-state index is -0.299. The van der Waals surface area contributed by atoms with Gasteiger partial charge in [-0.15, -0.1) is 0 Å². The van der Waals surface area contributed by atoms with Gasteiger partial charge >= 0.3 is 0 Å². The molecule has 3 heterocycles. The van der Waals surface area contributed by atoms with E-state index in [4.69, 9.17) is 4.74 Å². The van der Waals surface area contributed by atoms with Gasteiger partial charge in [0.25, 0.3) is 5.91 Å². The number of fused-ring (bicyclic) bond motifs is 1. The number of carbonyl (C=O) groups excluding carboxylic acids is 2. The van der Waals surface area contributed by atoms with Gasteiger partial charge in [-0.2, -0.15) is 5.10 Å². The average Bonchev–Trinajstić information content (AvgIpc) is 3.13. The molecule has 26 heavy (non-hydrogen) atoms. The maximum Gasteiger partial charge on any atom is 0.275 e. The first-order valence-corrected chi connectivity index (χ1v) is 8.74. The number of hydrogen-bond acceptors (Lipinski definition) is 6. The lowest BCUT2D eigenvalue weighted by molar-refractivity contribution is -0.122. The molecule has 2 aromatic rings. The molecule has 1 fully saturated rings. The molecule has 2 aromatic heterocycles. The van der Waals surface area contributed by atoms with Crippen LogP contribution in [-0.2, 0) is 9.53 Å². The monoisotopic (exact) mass is 360 g/mol. The van der Waals surface area contributed by atoms with E-state index in [9.17, 15) is 9.59 Å². The number of hydrogen-bond donors (Lipinski definition) is 2. The first kappa shape index (κ1) is 18.1. The van der Waals surface area contributed by atoms with Gasteiger partial charge in [0.1, 0.15) is 0 Å². The van der Waals surface area contributed by atoms with E-state index in [0.29, 0.717) is 31.0 Å². The second kappa shape index (κ2) is 7.69. The summed E-state index contributed by atoms with van der Waals surface area (Å²) in [7, 11) is 1.98. The molecule has 1 aliphatic heterocycles. The molecule has 0 atom stereocenters. The lowest BCUT2D eigenvalue weighted by Gasteiger charge is -2.34. The number of nitrogens with one attached hydrogen (secondary N) is 2. The number of ether oxygens (including phenoxy) is 1. The van der Waals surface area contributed by atoms with Crippen LogP contribution in [0.2, 0.25) is 0 Å². The van der Waals surface area contributed by atoms with Crippen LogP contribution in [0.3, 0.4) is 0 Å². The Morgan fingerprint density at radius 3 is 2.73 bits per heavy atom. The van der Waals surface area contributed by atoms with Gasteiger partial charge in [-0.3, -0.25) is 25.1 Å². The Balaban J connectivity index is 2.04. The first-order chi connectivity index (χ1) is 12.5. The van der Waals surface area contributed by atoms with E-state index in [1.165, 1.54) is 11.9 Å². The number of rotatable bonds is 4. The third-order valence-corrected chi connectivity index (χ3v) is 4.63. The predicted molar refractivity (Wildman–Crippen MR) is 96.7 cm³/mol. The van der Waals surface area contributed by atoms with Crippen LogP contribution in [0.1, 0.15) is 37.0 Å². The molecule has 2 amide bonds. The summed E-state index contributed by atoms with van der Waals surface area (Å²) in [4.78, 5) is 30.9. The fraction of sp³-hybridized carbons (Fsp3) is 0.529. The highest BCUT2D eigenvalue weighted by Gasteiger charge is 2.28. The van der Waals surface area contributed by atoms with E-state index in [0.717, 1.165) is 23.9 Å². The van der Waals surface area contributed by atoms with Crippen LogP contribution < -0.4 is 10.3 Å². The van der Waals surface area contributed by atoms with Gasteiger partial charge in [0.15, 0.2) is 5.65 Å². The molecule has 9 heteroatoms. The summed E-state index contributed by atoms with van der Waals surface area (Å²) in [5.74, 6) is -0.593. The van der Waals surface area contributed by atoms with Crippen molar-refractivity contribution < 1.29 is 14.3 Å². The number of pyridine rings is 1. The molecule has 9 nitrogen and oxygen atoms in total. The van der Waals surface area contributed by atoms with E-state index < -0.39 is 0 Å². The lowest BCUT2D eigenvalue weighted by Crippen LogP contribution is -2.46. The highest BCUT2D eigenvalue weighted by atomic mass is 16.5. The Kier molecular flexibility index (Phi) is 5.36. The van der Waals surface area contributed by atoms with Gasteiger partial charge in [-0.1, -0.05) is 0 Å². The first-order valence-electron chi connectivity index (χ1n) is 8.74. The smallest absolute Gasteiger partial charge is 0.275 e. The number of carbonyl (C=O) groups is 2. The third-order valence-electron chi connectivity index (χ3n) is 4.63. The number of amides is 2. The fourth-order valence-corrected chi connectivity index (χ4v) is 3.29. The largest absolute Gasteiger partial charge is 0.381 e. The average molecular weight is 360 g/mol. The Labute approximate surface area is 151 Å². The molecular weight excluding hydrogens is 336 g/mol. The van der Waals surface area contributed by atoms with Crippen LogP contribution in [0.25, 0.3) is 11.0 Å². The highest BCUT2D eigenvalue weighted by Crippen LogP contribution is 2.32. The molecule has 0 aromatic carbocycles. The zero-order valence-corrected chi connectivity index (χ0v) is 15.3. The van der Waals surface area contributed by atoms with Crippen molar-refractivity contribution in [3.8, 4) is 0 Å². The summed E-state index contributed by atoms with van der Waals surface area (Å²) in [5.41, 5.74) is 4.40. The topological polar surface area (TPSA) is 103 Å². The Hall–Kier alpha value is -2.68. The van der Waals surface area contributed by atoms with E-state index >= 15 is 0 Å². The molecule has 140 valence electrons. The molecule has 0 unspecified atom stereocenters. The van der Waals surface area contributed by atoms with E-state index in [1.54, 1.807) is 19.3 Å². The van der Waals surface area contributed by atoms with Crippen molar-refractivity contribution in [3.05, 3.63) is 18.0 Å². The maximum absolute atomic E-state index is 13.1. The maximum atomic E-state index is 13.1. The number of H-pyrrole nitrogens is 1. The number of aromatic amines is 1. The lowest BCUT2D eigenvalue weighted by atomic mass is 10.0. The SMILES string of the molecule is CCN(NC(C)=O)C(=O)c1cnc2[nH]ncc2c1N(C)C1CCOCC1. The summed E-state index contributed by atoms with van der Waals surface area (Å²) < 4.78 is 5.46. The van der Waals surface area contributed by atoms with Crippen LogP contribution in [0.4, 0.5) is 5.69 Å². The molecule has 1 saturated heterocycles. The summed E-state index contributed by atoms with van der Waals surface area (Å²) in [5, 5.41) is 9.00. The Morgan fingerprint density at radius 2 is 2.08 bits per heavy atom. The number of anilines is 1. The Morgan fingerprint density at radius 1 is 1.35 bits per heavy atom. The molecule has 2 N–H and O–H groups in total. The minimum Gasteiger partial charge on any atom is -0.381 e. The van der Waals surface area contributed by atoms with Crippen LogP contribution in [0.15, 0.2) is 12.4 Å². The summed E-state index contributed by atoms with van der Waals surface area (Å²) in [6, 6.07) is 0.256. The van der Waals surface area contributed by atoms with E-state index in [2.05, 4.69) is 25.5 Å². The van der Waals surface area contributed by atoms with Gasteiger partial charge < -0.3 is 9.64 Å². The van der Waals surface area contributed by atoms with Crippen molar-refractivity contribution in [2.45, 2.75) is 32.7 Å². The second-order valence-corrected chi connectivity index (χ2v) is 6.32. The van der Waals surface area contributed by atoms with Crippen molar-refractivity contribution in [1.82, 2.24) is 25.6 Å². The van der Waals surface area contributed by atoms with Gasteiger partial charge in [0, 0.05) is 46.0 Å². The van der Waals surface area contributed by atoms with Gasteiger partial charge in [0.05, 0.1) is 22.8 Å². The molecule has 0 bridgehead atoms. The molecule has 3 rings (SSSR count). The molecule has 0 saturated carbocycles. The van der Waals surface area contributed by atoms with E-state index in [1.807, 2.05) is 7.05 Å². The predicted octanol–water partition coefficient (Wildman–Crippen LogP) is 1.09. The van der Waals surface area contributed by atoms with Gasteiger partial charge in [0.2, 0.25) is 5.91 Å². The van der Waals surface area contributed by atoms with Crippen LogP contribution in [0.5, 0.6) is 0 Å². The van der Waals surface area contributed by atoms with Crippen molar-refractivity contribution in [2.75, 3.05) is 31.7 Å². The van der Waals surface area contributed by atoms with Crippen LogP contribution >= 0.6 is 0 Å². The molecule has 0 radical (unpaired) electrons. The molecular formula is C17H24N6O3. The summed E-state index contributed by atoms with van der Waals surface area (Å²) >= 11 is 0. The minimum absolute atomic E-state index is 0.256. The summed E-state index contributed by atoms with van der Waals surface area (Å²) in [6.07, 6.45) is 4.99. The fourth-order valence-electron chi connectivity index (χ4n) is 3.29. The van der Waals surface area contributed by atoms with Crippen molar-refractivity contribution in [3.63, 3.8) is 0 Å². The normalized spacial score (nSPS) is 15.0. The van der Waals surface area contributed by atoms with Crippen LogP contribution in [-0.4, -0.2) is 64.9 Å².